The van der Waals surface area contributed by atoms with E-state index in [0.717, 1.165) is 37.7 Å². The number of amides is 4. The number of anilines is 2. The molecule has 1 N–H and O–H groups in total. The van der Waals surface area contributed by atoms with Crippen molar-refractivity contribution in [2.75, 3.05) is 10.2 Å². The second kappa shape index (κ2) is 9.57. The predicted octanol–water partition coefficient (Wildman–Crippen LogP) is 4.06. The van der Waals surface area contributed by atoms with Crippen LogP contribution in [0.25, 0.3) is 0 Å². The Labute approximate surface area is 193 Å². The summed E-state index contributed by atoms with van der Waals surface area (Å²) in [6.45, 7) is 3.37. The van der Waals surface area contributed by atoms with E-state index in [4.69, 9.17) is 0 Å². The number of hydrogen-bond donors (Lipinski definition) is 1. The van der Waals surface area contributed by atoms with Crippen molar-refractivity contribution < 1.29 is 19.2 Å². The fourth-order valence-electron chi connectivity index (χ4n) is 4.77. The van der Waals surface area contributed by atoms with Crippen LogP contribution in [0.5, 0.6) is 0 Å². The molecule has 2 aromatic carbocycles. The quantitative estimate of drug-likeness (QED) is 0.701. The maximum atomic E-state index is 13.6. The van der Waals surface area contributed by atoms with Crippen molar-refractivity contribution in [3.63, 3.8) is 0 Å². The van der Waals surface area contributed by atoms with E-state index >= 15 is 0 Å². The van der Waals surface area contributed by atoms with Crippen molar-refractivity contribution in [2.45, 2.75) is 64.5 Å². The zero-order chi connectivity index (χ0) is 23.5. The van der Waals surface area contributed by atoms with E-state index in [2.05, 4.69) is 5.32 Å². The smallest absolute Gasteiger partial charge is 0.257 e. The fourth-order valence-corrected chi connectivity index (χ4v) is 4.77. The maximum absolute atomic E-state index is 13.6. The molecule has 7 heteroatoms. The summed E-state index contributed by atoms with van der Waals surface area (Å²) in [5, 5.41) is 2.67. The summed E-state index contributed by atoms with van der Waals surface area (Å²) in [5.74, 6) is -1.10. The summed E-state index contributed by atoms with van der Waals surface area (Å²) >= 11 is 0. The van der Waals surface area contributed by atoms with Gasteiger partial charge in [-0.15, -0.1) is 0 Å². The van der Waals surface area contributed by atoms with Gasteiger partial charge in [-0.3, -0.25) is 19.2 Å². The van der Waals surface area contributed by atoms with Crippen LogP contribution in [-0.2, 0) is 14.4 Å². The number of rotatable bonds is 5. The summed E-state index contributed by atoms with van der Waals surface area (Å²) in [7, 11) is 0. The average Bonchev–Trinajstić information content (AvgIpc) is 3.09. The van der Waals surface area contributed by atoms with E-state index in [1.54, 1.807) is 41.3 Å². The molecule has 2 aromatic rings. The largest absolute Gasteiger partial charge is 0.326 e. The summed E-state index contributed by atoms with van der Waals surface area (Å²) < 4.78 is 0. The molecule has 2 aliphatic rings. The van der Waals surface area contributed by atoms with Crippen LogP contribution in [0.4, 0.5) is 11.4 Å². The van der Waals surface area contributed by atoms with Crippen LogP contribution in [0.1, 0.15) is 61.4 Å². The molecule has 0 spiro atoms. The van der Waals surface area contributed by atoms with E-state index < -0.39 is 6.04 Å². The number of nitrogens with one attached hydrogen (secondary N) is 1. The third-order valence-electron chi connectivity index (χ3n) is 6.41. The molecule has 33 heavy (non-hydrogen) atoms. The minimum absolute atomic E-state index is 0.0274. The van der Waals surface area contributed by atoms with Crippen LogP contribution in [0.2, 0.25) is 0 Å². The van der Waals surface area contributed by atoms with Gasteiger partial charge in [-0.05, 0) is 56.2 Å². The molecule has 1 unspecified atom stereocenters. The van der Waals surface area contributed by atoms with Crippen molar-refractivity contribution in [3.05, 3.63) is 59.7 Å². The monoisotopic (exact) mass is 447 g/mol. The molecule has 1 aliphatic heterocycles. The van der Waals surface area contributed by atoms with E-state index in [9.17, 15) is 19.2 Å². The van der Waals surface area contributed by atoms with Gasteiger partial charge in [-0.2, -0.15) is 0 Å². The second-order valence-electron chi connectivity index (χ2n) is 8.89. The lowest BCUT2D eigenvalue weighted by atomic mass is 9.92. The highest BCUT2D eigenvalue weighted by Gasteiger charge is 2.46. The Kier molecular flexibility index (Phi) is 6.58. The van der Waals surface area contributed by atoms with Crippen LogP contribution in [0.15, 0.2) is 48.5 Å². The molecule has 1 saturated carbocycles. The first-order valence-electron chi connectivity index (χ1n) is 11.5. The lowest BCUT2D eigenvalue weighted by molar-refractivity contribution is -0.123. The SMILES string of the molecule is CC(=O)Nc1ccc(N2C(=O)CC(N(C(=O)c3ccc(C)cc3)C3CCCCC3)C2=O)cc1. The first kappa shape index (κ1) is 22.7. The third kappa shape index (κ3) is 4.82. The van der Waals surface area contributed by atoms with Crippen molar-refractivity contribution in [3.8, 4) is 0 Å². The highest BCUT2D eigenvalue weighted by atomic mass is 16.2. The normalized spacial score (nSPS) is 19.0. The molecular weight excluding hydrogens is 418 g/mol. The average molecular weight is 448 g/mol. The summed E-state index contributed by atoms with van der Waals surface area (Å²) in [5.41, 5.74) is 2.61. The molecule has 1 atom stereocenters. The van der Waals surface area contributed by atoms with Crippen LogP contribution in [0, 0.1) is 6.92 Å². The van der Waals surface area contributed by atoms with Gasteiger partial charge < -0.3 is 10.2 Å². The van der Waals surface area contributed by atoms with Crippen LogP contribution >= 0.6 is 0 Å². The number of benzene rings is 2. The Morgan fingerprint density at radius 1 is 0.939 bits per heavy atom. The zero-order valence-corrected chi connectivity index (χ0v) is 19.0. The van der Waals surface area contributed by atoms with E-state index in [-0.39, 0.29) is 36.1 Å². The van der Waals surface area contributed by atoms with Gasteiger partial charge in [0.1, 0.15) is 6.04 Å². The molecule has 4 amide bonds. The number of carbonyl (C=O) groups is 4. The van der Waals surface area contributed by atoms with Gasteiger partial charge in [-0.1, -0.05) is 37.0 Å². The van der Waals surface area contributed by atoms with Gasteiger partial charge in [0.15, 0.2) is 0 Å². The van der Waals surface area contributed by atoms with Crippen LogP contribution in [-0.4, -0.2) is 40.6 Å². The van der Waals surface area contributed by atoms with Crippen LogP contribution < -0.4 is 10.2 Å². The number of aryl methyl sites for hydroxylation is 1. The number of hydrogen-bond acceptors (Lipinski definition) is 4. The minimum Gasteiger partial charge on any atom is -0.326 e. The van der Waals surface area contributed by atoms with Gasteiger partial charge in [0, 0.05) is 24.2 Å². The van der Waals surface area contributed by atoms with E-state index in [0.29, 0.717) is 16.9 Å². The second-order valence-corrected chi connectivity index (χ2v) is 8.89. The van der Waals surface area contributed by atoms with Crippen molar-refractivity contribution in [1.82, 2.24) is 4.90 Å². The molecule has 172 valence electrons. The van der Waals surface area contributed by atoms with Crippen molar-refractivity contribution in [1.29, 1.82) is 0 Å². The molecule has 0 aromatic heterocycles. The molecule has 1 aliphatic carbocycles. The first-order chi connectivity index (χ1) is 15.8. The third-order valence-corrected chi connectivity index (χ3v) is 6.41. The molecule has 0 radical (unpaired) electrons. The maximum Gasteiger partial charge on any atom is 0.257 e. The van der Waals surface area contributed by atoms with E-state index in [1.807, 2.05) is 19.1 Å². The number of carbonyl (C=O) groups excluding carboxylic acids is 4. The van der Waals surface area contributed by atoms with Gasteiger partial charge in [0.25, 0.3) is 11.8 Å². The van der Waals surface area contributed by atoms with Gasteiger partial charge in [0.2, 0.25) is 11.8 Å². The van der Waals surface area contributed by atoms with Crippen molar-refractivity contribution >= 4 is 35.0 Å². The standard InChI is InChI=1S/C26H29N3O4/c1-17-8-10-19(11-9-17)25(32)28(21-6-4-3-5-7-21)23-16-24(31)29(26(23)33)22-14-12-20(13-15-22)27-18(2)30/h8-15,21,23H,3-7,16H2,1-2H3,(H,27,30). The predicted molar refractivity (Wildman–Crippen MR) is 126 cm³/mol. The lowest BCUT2D eigenvalue weighted by Gasteiger charge is -2.37. The van der Waals surface area contributed by atoms with Gasteiger partial charge >= 0.3 is 0 Å². The Hall–Kier alpha value is -3.48. The summed E-state index contributed by atoms with van der Waals surface area (Å²) in [4.78, 5) is 54.1. The highest BCUT2D eigenvalue weighted by molar-refractivity contribution is 6.23. The Balaban J connectivity index is 1.62. The molecule has 7 nitrogen and oxygen atoms in total. The van der Waals surface area contributed by atoms with Gasteiger partial charge in [-0.25, -0.2) is 4.90 Å². The molecule has 1 heterocycles. The zero-order valence-electron chi connectivity index (χ0n) is 19.0. The topological polar surface area (TPSA) is 86.8 Å². The fraction of sp³-hybridized carbons (Fsp3) is 0.385. The minimum atomic E-state index is -0.815. The number of nitrogens with zero attached hydrogens (tertiary/aromatic N) is 2. The summed E-state index contributed by atoms with van der Waals surface area (Å²) in [6.07, 6.45) is 4.77. The first-order valence-corrected chi connectivity index (χ1v) is 11.5. The molecule has 1 saturated heterocycles. The van der Waals surface area contributed by atoms with Crippen molar-refractivity contribution in [2.24, 2.45) is 0 Å². The highest BCUT2D eigenvalue weighted by Crippen LogP contribution is 2.32. The van der Waals surface area contributed by atoms with Crippen LogP contribution in [0.3, 0.4) is 0 Å². The Morgan fingerprint density at radius 3 is 2.18 bits per heavy atom. The van der Waals surface area contributed by atoms with E-state index in [1.165, 1.54) is 11.8 Å². The Morgan fingerprint density at radius 2 is 1.58 bits per heavy atom. The Bertz CT molecular complexity index is 1060. The molecular formula is C26H29N3O4. The molecule has 4 rings (SSSR count). The molecule has 2 fully saturated rings. The number of imide groups is 1. The lowest BCUT2D eigenvalue weighted by Crippen LogP contribution is -2.51. The van der Waals surface area contributed by atoms with Gasteiger partial charge in [0.05, 0.1) is 12.1 Å². The molecule has 0 bridgehead atoms. The summed E-state index contributed by atoms with van der Waals surface area (Å²) in [6, 6.07) is 13.0.